The summed E-state index contributed by atoms with van der Waals surface area (Å²) >= 11 is 0. The lowest BCUT2D eigenvalue weighted by Crippen LogP contribution is -2.31. The minimum Gasteiger partial charge on any atom is -0.494 e. The number of hydrogen-bond acceptors (Lipinski definition) is 9. The van der Waals surface area contributed by atoms with Crippen molar-refractivity contribution in [1.82, 2.24) is 14.9 Å². The van der Waals surface area contributed by atoms with Crippen molar-refractivity contribution >= 4 is 34.6 Å². The van der Waals surface area contributed by atoms with Crippen LogP contribution in [-0.2, 0) is 15.8 Å². The molecule has 14 heteroatoms. The summed E-state index contributed by atoms with van der Waals surface area (Å²) in [7, 11) is 5.59. The first-order valence-electron chi connectivity index (χ1n) is 13.9. The van der Waals surface area contributed by atoms with E-state index in [1.54, 1.807) is 6.07 Å². The summed E-state index contributed by atoms with van der Waals surface area (Å²) in [5, 5.41) is 7.34. The lowest BCUT2D eigenvalue weighted by Gasteiger charge is -2.26. The van der Waals surface area contributed by atoms with Crippen molar-refractivity contribution in [3.63, 3.8) is 0 Å². The maximum Gasteiger partial charge on any atom is 0.419 e. The average molecular weight is 616 g/mol. The Kier molecular flexibility index (Phi) is 8.92. The number of halogens is 4. The third kappa shape index (κ3) is 6.40. The molecule has 2 unspecified atom stereocenters. The molecule has 10 nitrogen and oxygen atoms in total. The molecule has 3 heterocycles. The molecule has 2 atom stereocenters. The van der Waals surface area contributed by atoms with Gasteiger partial charge in [-0.25, -0.2) is 19.4 Å². The minimum absolute atomic E-state index is 0.149. The van der Waals surface area contributed by atoms with Crippen molar-refractivity contribution in [2.75, 3.05) is 61.5 Å². The van der Waals surface area contributed by atoms with Crippen molar-refractivity contribution < 1.29 is 31.9 Å². The number of hydrogen-bond donors (Lipinski definition) is 2. The summed E-state index contributed by atoms with van der Waals surface area (Å²) in [5.41, 5.74) is 0.310. The molecule has 0 spiro atoms. The fourth-order valence-electron chi connectivity index (χ4n) is 5.44. The Labute approximate surface area is 252 Å². The molecule has 0 saturated carbocycles. The number of amides is 1. The van der Waals surface area contributed by atoms with Gasteiger partial charge in [-0.3, -0.25) is 9.63 Å². The number of anilines is 5. The van der Waals surface area contributed by atoms with Crippen LogP contribution in [0.4, 0.5) is 46.3 Å². The van der Waals surface area contributed by atoms with E-state index in [0.717, 1.165) is 25.2 Å². The van der Waals surface area contributed by atoms with Gasteiger partial charge in [0.05, 0.1) is 42.4 Å². The number of hydroxylamine groups is 1. The second kappa shape index (κ2) is 12.7. The van der Waals surface area contributed by atoms with Crippen LogP contribution in [0.1, 0.15) is 30.0 Å². The molecule has 2 aromatic carbocycles. The number of rotatable bonds is 9. The van der Waals surface area contributed by atoms with Crippen molar-refractivity contribution in [3.05, 3.63) is 72.3 Å². The van der Waals surface area contributed by atoms with Crippen molar-refractivity contribution in [2.24, 2.45) is 0 Å². The molecule has 44 heavy (non-hydrogen) atoms. The highest BCUT2D eigenvalue weighted by Crippen LogP contribution is 2.42. The standard InChI is InChI=1S/C30H33F4N7O3/c1-5-28(42)38-21-13-22(25(43-4)14-24(21)40-11-9-18(16-40)39(2)3)37-26-15-27(36-17-35-26)41-23(10-12-44-41)19-7-6-8-20(29(19)31)30(32,33)34/h5-8,13-15,17-18,23H,1,9-12,16H2,2-4H3,(H,38,42)(H,35,36,37). The molecule has 2 saturated heterocycles. The predicted octanol–water partition coefficient (Wildman–Crippen LogP) is 5.53. The van der Waals surface area contributed by atoms with Crippen LogP contribution in [0.3, 0.4) is 0 Å². The average Bonchev–Trinajstić information content (AvgIpc) is 3.68. The Morgan fingerprint density at radius 3 is 2.66 bits per heavy atom. The Morgan fingerprint density at radius 2 is 1.98 bits per heavy atom. The van der Waals surface area contributed by atoms with E-state index in [2.05, 4.69) is 37.0 Å². The summed E-state index contributed by atoms with van der Waals surface area (Å²) in [6, 6.07) is 7.78. The quantitative estimate of drug-likeness (QED) is 0.238. The summed E-state index contributed by atoms with van der Waals surface area (Å²) in [5.74, 6) is -0.735. The number of ether oxygens (including phenoxy) is 1. The zero-order valence-corrected chi connectivity index (χ0v) is 24.5. The van der Waals surface area contributed by atoms with E-state index in [0.29, 0.717) is 35.1 Å². The largest absolute Gasteiger partial charge is 0.494 e. The molecule has 1 amide bonds. The fourth-order valence-corrected chi connectivity index (χ4v) is 5.44. The first-order valence-corrected chi connectivity index (χ1v) is 13.9. The summed E-state index contributed by atoms with van der Waals surface area (Å²) in [6.45, 7) is 5.26. The topological polar surface area (TPSA) is 95.1 Å². The number of methoxy groups -OCH3 is 1. The van der Waals surface area contributed by atoms with Crippen molar-refractivity contribution in [1.29, 1.82) is 0 Å². The number of carbonyl (C=O) groups is 1. The van der Waals surface area contributed by atoms with Gasteiger partial charge in [0.2, 0.25) is 5.91 Å². The zero-order chi connectivity index (χ0) is 31.6. The van der Waals surface area contributed by atoms with Crippen molar-refractivity contribution in [2.45, 2.75) is 31.1 Å². The molecule has 234 valence electrons. The van der Waals surface area contributed by atoms with Crippen LogP contribution in [0.25, 0.3) is 0 Å². The van der Waals surface area contributed by atoms with Gasteiger partial charge in [0.15, 0.2) is 5.82 Å². The normalized spacial score (nSPS) is 18.5. The van der Waals surface area contributed by atoms with E-state index in [1.807, 2.05) is 20.2 Å². The lowest BCUT2D eigenvalue weighted by atomic mass is 10.0. The predicted molar refractivity (Wildman–Crippen MR) is 159 cm³/mol. The van der Waals surface area contributed by atoms with Gasteiger partial charge in [0.1, 0.15) is 23.7 Å². The third-order valence-corrected chi connectivity index (χ3v) is 7.73. The number of likely N-dealkylation sites (N-methyl/N-ethyl adjacent to an activating group) is 1. The van der Waals surface area contributed by atoms with E-state index >= 15 is 4.39 Å². The van der Waals surface area contributed by atoms with Gasteiger partial charge in [0, 0.05) is 43.2 Å². The number of aromatic nitrogens is 2. The van der Waals surface area contributed by atoms with Crippen LogP contribution in [0.2, 0.25) is 0 Å². The van der Waals surface area contributed by atoms with E-state index in [1.165, 1.54) is 42.8 Å². The molecule has 0 radical (unpaired) electrons. The van der Waals surface area contributed by atoms with Gasteiger partial charge in [0.25, 0.3) is 0 Å². The Hall–Kier alpha value is -4.43. The molecular formula is C30H33F4N7O3. The van der Waals surface area contributed by atoms with E-state index in [9.17, 15) is 18.0 Å². The summed E-state index contributed by atoms with van der Waals surface area (Å²) < 4.78 is 60.9. The first kappa shape index (κ1) is 31.0. The molecular weight excluding hydrogens is 582 g/mol. The minimum atomic E-state index is -4.84. The van der Waals surface area contributed by atoms with Gasteiger partial charge < -0.3 is 25.2 Å². The maximum atomic E-state index is 15.0. The highest BCUT2D eigenvalue weighted by atomic mass is 19.4. The van der Waals surface area contributed by atoms with Crippen LogP contribution < -0.4 is 25.3 Å². The van der Waals surface area contributed by atoms with Gasteiger partial charge in [-0.15, -0.1) is 0 Å². The fraction of sp³-hybridized carbons (Fsp3) is 0.367. The first-order chi connectivity index (χ1) is 21.0. The molecule has 2 aliphatic heterocycles. The summed E-state index contributed by atoms with van der Waals surface area (Å²) in [4.78, 5) is 30.9. The zero-order valence-electron chi connectivity index (χ0n) is 24.5. The molecule has 2 aliphatic rings. The van der Waals surface area contributed by atoms with E-state index < -0.39 is 23.6 Å². The lowest BCUT2D eigenvalue weighted by molar-refractivity contribution is -0.140. The SMILES string of the molecule is C=CC(=O)Nc1cc(Nc2cc(N3OCCC3c3cccc(C(F)(F)F)c3F)ncn2)c(OC)cc1N1CCC(N(C)C)C1. The molecule has 2 fully saturated rings. The molecule has 5 rings (SSSR count). The van der Waals surface area contributed by atoms with Crippen LogP contribution in [0, 0.1) is 5.82 Å². The second-order valence-corrected chi connectivity index (χ2v) is 10.7. The number of nitrogens with zero attached hydrogens (tertiary/aromatic N) is 5. The van der Waals surface area contributed by atoms with Gasteiger partial charge in [-0.1, -0.05) is 18.7 Å². The maximum absolute atomic E-state index is 15.0. The summed E-state index contributed by atoms with van der Waals surface area (Å²) in [6.07, 6.45) is -1.19. The number of benzene rings is 2. The smallest absolute Gasteiger partial charge is 0.419 e. The van der Waals surface area contributed by atoms with Gasteiger partial charge in [-0.05, 0) is 38.7 Å². The number of carbonyl (C=O) groups excluding carboxylic acids is 1. The molecule has 0 bridgehead atoms. The van der Waals surface area contributed by atoms with Gasteiger partial charge >= 0.3 is 6.18 Å². The highest BCUT2D eigenvalue weighted by Gasteiger charge is 2.38. The second-order valence-electron chi connectivity index (χ2n) is 10.7. The third-order valence-electron chi connectivity index (χ3n) is 7.73. The highest BCUT2D eigenvalue weighted by molar-refractivity contribution is 6.02. The monoisotopic (exact) mass is 615 g/mol. The molecule has 1 aromatic heterocycles. The van der Waals surface area contributed by atoms with Crippen LogP contribution in [0.15, 0.2) is 55.4 Å². The van der Waals surface area contributed by atoms with E-state index in [-0.39, 0.29) is 30.3 Å². The molecule has 2 N–H and O–H groups in total. The van der Waals surface area contributed by atoms with E-state index in [4.69, 9.17) is 9.57 Å². The number of nitrogens with one attached hydrogen (secondary N) is 2. The van der Waals surface area contributed by atoms with Crippen LogP contribution in [-0.4, -0.2) is 67.7 Å². The van der Waals surface area contributed by atoms with Crippen LogP contribution in [0.5, 0.6) is 5.75 Å². The Morgan fingerprint density at radius 1 is 1.18 bits per heavy atom. The Balaban J connectivity index is 1.45. The Bertz CT molecular complexity index is 1530. The van der Waals surface area contributed by atoms with Crippen LogP contribution >= 0.6 is 0 Å². The van der Waals surface area contributed by atoms with Crippen molar-refractivity contribution in [3.8, 4) is 5.75 Å². The van der Waals surface area contributed by atoms with Gasteiger partial charge in [-0.2, -0.15) is 13.2 Å². The molecule has 3 aromatic rings. The number of alkyl halides is 3. The molecule has 0 aliphatic carbocycles.